The molecule has 3 nitrogen and oxygen atoms in total. The van der Waals surface area contributed by atoms with Gasteiger partial charge in [0.25, 0.3) is 0 Å². The molecule has 1 N–H and O–H groups in total. The van der Waals surface area contributed by atoms with Crippen molar-refractivity contribution in [2.75, 3.05) is 19.5 Å². The zero-order valence-corrected chi connectivity index (χ0v) is 11.8. The molecule has 2 aromatic carbocycles. The Morgan fingerprint density at radius 2 is 1.85 bits per heavy atom. The molecule has 0 fully saturated rings. The average molecular weight is 275 g/mol. The van der Waals surface area contributed by atoms with E-state index in [1.807, 2.05) is 25.1 Å². The van der Waals surface area contributed by atoms with E-state index in [4.69, 9.17) is 9.47 Å². The van der Waals surface area contributed by atoms with Crippen molar-refractivity contribution in [3.63, 3.8) is 0 Å². The first-order valence-corrected chi connectivity index (χ1v) is 6.38. The fourth-order valence-corrected chi connectivity index (χ4v) is 2.01. The second kappa shape index (κ2) is 6.28. The Kier molecular flexibility index (Phi) is 4.45. The van der Waals surface area contributed by atoms with E-state index in [0.717, 1.165) is 17.0 Å². The molecule has 106 valence electrons. The average Bonchev–Trinajstić information content (AvgIpc) is 2.47. The van der Waals surface area contributed by atoms with Gasteiger partial charge in [-0.25, -0.2) is 4.39 Å². The van der Waals surface area contributed by atoms with Crippen LogP contribution in [0.15, 0.2) is 42.5 Å². The molecule has 0 saturated carbocycles. The third kappa shape index (κ3) is 3.20. The van der Waals surface area contributed by atoms with Gasteiger partial charge in [0.2, 0.25) is 0 Å². The first-order valence-electron chi connectivity index (χ1n) is 6.38. The second-order valence-corrected chi connectivity index (χ2v) is 4.49. The van der Waals surface area contributed by atoms with Crippen molar-refractivity contribution in [2.24, 2.45) is 0 Å². The third-order valence-electron chi connectivity index (χ3n) is 3.13. The molecule has 20 heavy (non-hydrogen) atoms. The Balaban J connectivity index is 2.21. The van der Waals surface area contributed by atoms with Crippen LogP contribution in [0, 0.1) is 5.82 Å². The summed E-state index contributed by atoms with van der Waals surface area (Å²) in [5, 5.41) is 3.31. The van der Waals surface area contributed by atoms with Crippen LogP contribution in [0.5, 0.6) is 11.5 Å². The maximum Gasteiger partial charge on any atom is 0.145 e. The fourth-order valence-electron chi connectivity index (χ4n) is 2.01. The van der Waals surface area contributed by atoms with Gasteiger partial charge in [-0.1, -0.05) is 12.1 Å². The number of halogens is 1. The molecule has 1 atom stereocenters. The van der Waals surface area contributed by atoms with Gasteiger partial charge >= 0.3 is 0 Å². The Bertz CT molecular complexity index is 586. The summed E-state index contributed by atoms with van der Waals surface area (Å²) in [5.74, 6) is 1.18. The summed E-state index contributed by atoms with van der Waals surface area (Å²) in [6.45, 7) is 1.97. The van der Waals surface area contributed by atoms with Crippen LogP contribution in [0.2, 0.25) is 0 Å². The van der Waals surface area contributed by atoms with Crippen LogP contribution >= 0.6 is 0 Å². The first kappa shape index (κ1) is 14.2. The predicted molar refractivity (Wildman–Crippen MR) is 78.0 cm³/mol. The smallest absolute Gasteiger partial charge is 0.145 e. The quantitative estimate of drug-likeness (QED) is 0.894. The molecule has 0 aliphatic rings. The number of ether oxygens (including phenoxy) is 2. The van der Waals surface area contributed by atoms with Crippen LogP contribution in [0.3, 0.4) is 0 Å². The monoisotopic (exact) mass is 275 g/mol. The summed E-state index contributed by atoms with van der Waals surface area (Å²) in [5.41, 5.74) is 1.72. The molecule has 4 heteroatoms. The third-order valence-corrected chi connectivity index (χ3v) is 3.13. The number of anilines is 1. The molecule has 0 radical (unpaired) electrons. The van der Waals surface area contributed by atoms with Gasteiger partial charge < -0.3 is 14.8 Å². The van der Waals surface area contributed by atoms with E-state index in [2.05, 4.69) is 5.32 Å². The summed E-state index contributed by atoms with van der Waals surface area (Å²) < 4.78 is 23.7. The van der Waals surface area contributed by atoms with E-state index in [-0.39, 0.29) is 11.9 Å². The largest absolute Gasteiger partial charge is 0.497 e. The molecule has 1 unspecified atom stereocenters. The highest BCUT2D eigenvalue weighted by Crippen LogP contribution is 2.31. The molecule has 0 aromatic heterocycles. The van der Waals surface area contributed by atoms with Gasteiger partial charge in [-0.3, -0.25) is 0 Å². The highest BCUT2D eigenvalue weighted by Gasteiger charge is 2.10. The van der Waals surface area contributed by atoms with Crippen molar-refractivity contribution >= 4 is 5.69 Å². The zero-order chi connectivity index (χ0) is 14.5. The fraction of sp³-hybridized carbons (Fsp3) is 0.250. The molecule has 0 spiro atoms. The Labute approximate surface area is 118 Å². The minimum Gasteiger partial charge on any atom is -0.497 e. The van der Waals surface area contributed by atoms with Gasteiger partial charge in [-0.15, -0.1) is 0 Å². The lowest BCUT2D eigenvalue weighted by Crippen LogP contribution is -2.08. The van der Waals surface area contributed by atoms with Crippen LogP contribution in [0.25, 0.3) is 0 Å². The van der Waals surface area contributed by atoms with Gasteiger partial charge in [0.05, 0.1) is 19.9 Å². The highest BCUT2D eigenvalue weighted by molar-refractivity contribution is 5.60. The SMILES string of the molecule is COc1ccc(NC(C)c2cccc(F)c2)c(OC)c1. The molecular weight excluding hydrogens is 257 g/mol. The van der Waals surface area contributed by atoms with Crippen LogP contribution in [0.1, 0.15) is 18.5 Å². The van der Waals surface area contributed by atoms with Crippen LogP contribution in [-0.4, -0.2) is 14.2 Å². The molecule has 0 heterocycles. The lowest BCUT2D eigenvalue weighted by atomic mass is 10.1. The van der Waals surface area contributed by atoms with Gasteiger partial charge in [0.15, 0.2) is 0 Å². The van der Waals surface area contributed by atoms with Crippen molar-refractivity contribution in [1.29, 1.82) is 0 Å². The lowest BCUT2D eigenvalue weighted by Gasteiger charge is -2.18. The van der Waals surface area contributed by atoms with Crippen molar-refractivity contribution in [1.82, 2.24) is 0 Å². The molecule has 0 amide bonds. The van der Waals surface area contributed by atoms with Crippen LogP contribution in [-0.2, 0) is 0 Å². The minimum atomic E-state index is -0.238. The van der Waals surface area contributed by atoms with Crippen molar-refractivity contribution < 1.29 is 13.9 Å². The molecule has 0 aliphatic heterocycles. The Hall–Kier alpha value is -2.23. The van der Waals surface area contributed by atoms with Gasteiger partial charge in [0, 0.05) is 12.1 Å². The van der Waals surface area contributed by atoms with Crippen LogP contribution in [0.4, 0.5) is 10.1 Å². The zero-order valence-electron chi connectivity index (χ0n) is 11.8. The standard InChI is InChI=1S/C16H18FNO2/c1-11(12-5-4-6-13(17)9-12)18-15-8-7-14(19-2)10-16(15)20-3/h4-11,18H,1-3H3. The number of nitrogens with one attached hydrogen (secondary N) is 1. The summed E-state index contributed by atoms with van der Waals surface area (Å²) in [6.07, 6.45) is 0. The predicted octanol–water partition coefficient (Wildman–Crippen LogP) is 4.02. The summed E-state index contributed by atoms with van der Waals surface area (Å²) in [4.78, 5) is 0. The van der Waals surface area contributed by atoms with Gasteiger partial charge in [0.1, 0.15) is 17.3 Å². The number of benzene rings is 2. The number of hydrogen-bond donors (Lipinski definition) is 1. The van der Waals surface area contributed by atoms with Crippen molar-refractivity contribution in [3.05, 3.63) is 53.8 Å². The molecule has 2 rings (SSSR count). The summed E-state index contributed by atoms with van der Waals surface area (Å²) in [6, 6.07) is 12.0. The molecular formula is C16H18FNO2. The summed E-state index contributed by atoms with van der Waals surface area (Å²) >= 11 is 0. The maximum atomic E-state index is 13.2. The summed E-state index contributed by atoms with van der Waals surface area (Å²) in [7, 11) is 3.21. The van der Waals surface area contributed by atoms with E-state index in [1.54, 1.807) is 26.4 Å². The number of hydrogen-bond acceptors (Lipinski definition) is 3. The van der Waals surface area contributed by atoms with Gasteiger partial charge in [-0.2, -0.15) is 0 Å². The lowest BCUT2D eigenvalue weighted by molar-refractivity contribution is 0.395. The molecule has 2 aromatic rings. The van der Waals surface area contributed by atoms with Crippen molar-refractivity contribution in [2.45, 2.75) is 13.0 Å². The van der Waals surface area contributed by atoms with Crippen LogP contribution < -0.4 is 14.8 Å². The van der Waals surface area contributed by atoms with Crippen molar-refractivity contribution in [3.8, 4) is 11.5 Å². The molecule has 0 aliphatic carbocycles. The first-order chi connectivity index (χ1) is 9.63. The minimum absolute atomic E-state index is 0.0343. The van der Waals surface area contributed by atoms with E-state index >= 15 is 0 Å². The Morgan fingerprint density at radius 3 is 2.50 bits per heavy atom. The van der Waals surface area contributed by atoms with E-state index < -0.39 is 0 Å². The topological polar surface area (TPSA) is 30.5 Å². The maximum absolute atomic E-state index is 13.2. The second-order valence-electron chi connectivity index (χ2n) is 4.49. The molecule has 0 saturated heterocycles. The van der Waals surface area contributed by atoms with E-state index in [9.17, 15) is 4.39 Å². The van der Waals surface area contributed by atoms with Gasteiger partial charge in [-0.05, 0) is 36.8 Å². The van der Waals surface area contributed by atoms with E-state index in [0.29, 0.717) is 5.75 Å². The number of methoxy groups -OCH3 is 2. The Morgan fingerprint density at radius 1 is 1.05 bits per heavy atom. The normalized spacial score (nSPS) is 11.8. The van der Waals surface area contributed by atoms with E-state index in [1.165, 1.54) is 12.1 Å². The highest BCUT2D eigenvalue weighted by atomic mass is 19.1. The number of rotatable bonds is 5. The molecule has 0 bridgehead atoms.